The van der Waals surface area contributed by atoms with Gasteiger partial charge in [0.25, 0.3) is 5.91 Å². The van der Waals surface area contributed by atoms with Crippen molar-refractivity contribution in [2.75, 3.05) is 19.6 Å². The van der Waals surface area contributed by atoms with Crippen molar-refractivity contribution in [3.8, 4) is 0 Å². The number of carbonyl (C=O) groups is 1. The molecule has 0 saturated carbocycles. The van der Waals surface area contributed by atoms with E-state index in [4.69, 9.17) is 4.42 Å². The molecule has 1 aliphatic rings. The van der Waals surface area contributed by atoms with Crippen LogP contribution in [0.25, 0.3) is 0 Å². The van der Waals surface area contributed by atoms with Gasteiger partial charge in [-0.1, -0.05) is 18.2 Å². The number of likely N-dealkylation sites (tertiary alicyclic amines) is 1. The predicted octanol–water partition coefficient (Wildman–Crippen LogP) is 2.35. The zero-order valence-corrected chi connectivity index (χ0v) is 13.3. The second-order valence-corrected chi connectivity index (χ2v) is 6.10. The molecule has 5 nitrogen and oxygen atoms in total. The van der Waals surface area contributed by atoms with Crippen LogP contribution in [0, 0.1) is 5.82 Å². The quantitative estimate of drug-likeness (QED) is 0.882. The Morgan fingerprint density at radius 1 is 1.33 bits per heavy atom. The van der Waals surface area contributed by atoms with E-state index in [1.807, 2.05) is 0 Å². The van der Waals surface area contributed by atoms with E-state index in [0.717, 1.165) is 25.9 Å². The smallest absolute Gasteiger partial charge is 0.254 e. The number of benzene rings is 1. The first-order chi connectivity index (χ1) is 11.6. The van der Waals surface area contributed by atoms with Crippen LogP contribution in [0.3, 0.4) is 0 Å². The van der Waals surface area contributed by atoms with Crippen molar-refractivity contribution >= 4 is 5.91 Å². The molecular weight excluding hydrogens is 311 g/mol. The summed E-state index contributed by atoms with van der Waals surface area (Å²) in [5.41, 5.74) is 0.847. The Bertz CT molecular complexity index is 667. The predicted molar refractivity (Wildman–Crippen MR) is 87.0 cm³/mol. The van der Waals surface area contributed by atoms with Crippen molar-refractivity contribution < 1.29 is 18.7 Å². The number of aliphatic hydroxyl groups excluding tert-OH is 1. The summed E-state index contributed by atoms with van der Waals surface area (Å²) >= 11 is 0. The number of carbonyl (C=O) groups excluding carboxylic acids is 1. The first-order valence-electron chi connectivity index (χ1n) is 8.11. The van der Waals surface area contributed by atoms with Crippen LogP contribution in [0.5, 0.6) is 0 Å². The summed E-state index contributed by atoms with van der Waals surface area (Å²) in [5.74, 6) is -0.513. The van der Waals surface area contributed by atoms with Crippen LogP contribution in [0.4, 0.5) is 4.39 Å². The number of amides is 1. The minimum absolute atomic E-state index is 0.106. The number of piperidine rings is 1. The highest BCUT2D eigenvalue weighted by Gasteiger charge is 2.24. The Morgan fingerprint density at radius 3 is 2.75 bits per heavy atom. The van der Waals surface area contributed by atoms with Gasteiger partial charge in [-0.2, -0.15) is 0 Å². The Labute approximate surface area is 140 Å². The molecule has 1 aliphatic heterocycles. The molecule has 0 spiro atoms. The Morgan fingerprint density at radius 2 is 2.08 bits per heavy atom. The maximum Gasteiger partial charge on any atom is 0.254 e. The van der Waals surface area contributed by atoms with Crippen molar-refractivity contribution in [2.24, 2.45) is 0 Å². The number of furan rings is 1. The summed E-state index contributed by atoms with van der Waals surface area (Å²) in [6, 6.07) is 8.04. The third-order valence-corrected chi connectivity index (χ3v) is 4.40. The van der Waals surface area contributed by atoms with E-state index in [1.165, 1.54) is 18.6 Å². The van der Waals surface area contributed by atoms with Gasteiger partial charge >= 0.3 is 0 Å². The fourth-order valence-corrected chi connectivity index (χ4v) is 3.01. The van der Waals surface area contributed by atoms with Gasteiger partial charge in [-0.15, -0.1) is 0 Å². The third-order valence-electron chi connectivity index (χ3n) is 4.40. The molecular formula is C18H21FN2O3. The van der Waals surface area contributed by atoms with Crippen LogP contribution in [0.15, 0.2) is 47.3 Å². The molecule has 1 saturated heterocycles. The number of β-amino-alcohol motifs (C(OH)–C–C–N with tert-alkyl or cyclic N) is 1. The van der Waals surface area contributed by atoms with Gasteiger partial charge in [0.15, 0.2) is 0 Å². The van der Waals surface area contributed by atoms with Crippen molar-refractivity contribution in [1.29, 1.82) is 0 Å². The molecule has 128 valence electrons. The largest absolute Gasteiger partial charge is 0.472 e. The number of hydrogen-bond donors (Lipinski definition) is 2. The van der Waals surface area contributed by atoms with Crippen molar-refractivity contribution in [1.82, 2.24) is 10.2 Å². The maximum absolute atomic E-state index is 13.7. The molecule has 24 heavy (non-hydrogen) atoms. The standard InChI is InChI=1S/C18H21FN2O3/c19-16-4-2-1-3-15(16)17(22)11-21-8-5-14(6-9-21)20-18(23)13-7-10-24-12-13/h1-4,7,10,12,14,17,22H,5-6,8-9,11H2,(H,20,23). The zero-order chi connectivity index (χ0) is 16.9. The van der Waals surface area contributed by atoms with Crippen LogP contribution >= 0.6 is 0 Å². The Kier molecular flexibility index (Phi) is 5.27. The summed E-state index contributed by atoms with van der Waals surface area (Å²) in [6.45, 7) is 1.90. The minimum atomic E-state index is -0.844. The number of aliphatic hydroxyl groups is 1. The molecule has 6 heteroatoms. The molecule has 1 aromatic carbocycles. The summed E-state index contributed by atoms with van der Waals surface area (Å²) in [7, 11) is 0. The SMILES string of the molecule is O=C(NC1CCN(CC(O)c2ccccc2F)CC1)c1ccoc1. The molecule has 2 heterocycles. The number of nitrogens with zero attached hydrogens (tertiary/aromatic N) is 1. The molecule has 2 N–H and O–H groups in total. The van der Waals surface area contributed by atoms with Gasteiger partial charge in [0.2, 0.25) is 0 Å². The van der Waals surface area contributed by atoms with Crippen molar-refractivity contribution in [3.05, 3.63) is 59.8 Å². The Balaban J connectivity index is 1.47. The summed E-state index contributed by atoms with van der Waals surface area (Å²) in [6.07, 6.45) is 3.65. The average Bonchev–Trinajstić information content (AvgIpc) is 3.11. The van der Waals surface area contributed by atoms with E-state index in [9.17, 15) is 14.3 Å². The van der Waals surface area contributed by atoms with Crippen LogP contribution < -0.4 is 5.32 Å². The minimum Gasteiger partial charge on any atom is -0.472 e. The summed E-state index contributed by atoms with van der Waals surface area (Å²) < 4.78 is 18.6. The molecule has 2 aromatic rings. The molecule has 3 rings (SSSR count). The fourth-order valence-electron chi connectivity index (χ4n) is 3.01. The molecule has 0 radical (unpaired) electrons. The molecule has 0 aliphatic carbocycles. The van der Waals surface area contributed by atoms with Gasteiger partial charge in [-0.3, -0.25) is 4.79 Å². The van der Waals surface area contributed by atoms with E-state index in [-0.39, 0.29) is 17.8 Å². The highest BCUT2D eigenvalue weighted by molar-refractivity contribution is 5.93. The van der Waals surface area contributed by atoms with E-state index in [0.29, 0.717) is 17.7 Å². The van der Waals surface area contributed by atoms with Crippen LogP contribution in [0.1, 0.15) is 34.9 Å². The molecule has 1 aromatic heterocycles. The highest BCUT2D eigenvalue weighted by Crippen LogP contribution is 2.20. The second kappa shape index (κ2) is 7.59. The van der Waals surface area contributed by atoms with Gasteiger partial charge in [0.05, 0.1) is 17.9 Å². The topological polar surface area (TPSA) is 65.7 Å². The first-order valence-corrected chi connectivity index (χ1v) is 8.11. The fraction of sp³-hybridized carbons (Fsp3) is 0.389. The van der Waals surface area contributed by atoms with E-state index in [1.54, 1.807) is 24.3 Å². The normalized spacial score (nSPS) is 17.6. The van der Waals surface area contributed by atoms with Crippen molar-refractivity contribution in [3.63, 3.8) is 0 Å². The lowest BCUT2D eigenvalue weighted by Gasteiger charge is -2.33. The van der Waals surface area contributed by atoms with E-state index < -0.39 is 6.10 Å². The van der Waals surface area contributed by atoms with Crippen LogP contribution in [0.2, 0.25) is 0 Å². The second-order valence-electron chi connectivity index (χ2n) is 6.10. The molecule has 1 unspecified atom stereocenters. The molecule has 0 bridgehead atoms. The lowest BCUT2D eigenvalue weighted by Crippen LogP contribution is -2.45. The number of halogens is 1. The van der Waals surface area contributed by atoms with Gasteiger partial charge in [0.1, 0.15) is 12.1 Å². The van der Waals surface area contributed by atoms with Gasteiger partial charge in [-0.25, -0.2) is 4.39 Å². The van der Waals surface area contributed by atoms with Crippen molar-refractivity contribution in [2.45, 2.75) is 25.0 Å². The zero-order valence-electron chi connectivity index (χ0n) is 13.3. The molecule has 1 amide bonds. The number of rotatable bonds is 5. The van der Waals surface area contributed by atoms with Gasteiger partial charge in [-0.05, 0) is 25.0 Å². The van der Waals surface area contributed by atoms with Crippen LogP contribution in [-0.4, -0.2) is 41.6 Å². The van der Waals surface area contributed by atoms with Gasteiger partial charge < -0.3 is 19.7 Å². The average molecular weight is 332 g/mol. The monoisotopic (exact) mass is 332 g/mol. The summed E-state index contributed by atoms with van der Waals surface area (Å²) in [4.78, 5) is 14.1. The lowest BCUT2D eigenvalue weighted by molar-refractivity contribution is 0.0817. The molecule has 1 atom stereocenters. The van der Waals surface area contributed by atoms with E-state index >= 15 is 0 Å². The first kappa shape index (κ1) is 16.7. The van der Waals surface area contributed by atoms with Gasteiger partial charge in [0, 0.05) is 31.2 Å². The maximum atomic E-state index is 13.7. The number of nitrogens with one attached hydrogen (secondary N) is 1. The lowest BCUT2D eigenvalue weighted by atomic mass is 10.0. The number of hydrogen-bond acceptors (Lipinski definition) is 4. The summed E-state index contributed by atoms with van der Waals surface area (Å²) in [5, 5.41) is 13.2. The van der Waals surface area contributed by atoms with Crippen LogP contribution in [-0.2, 0) is 0 Å². The third kappa shape index (κ3) is 4.01. The molecule has 1 fully saturated rings. The van der Waals surface area contributed by atoms with E-state index in [2.05, 4.69) is 10.2 Å². The highest BCUT2D eigenvalue weighted by atomic mass is 19.1. The Hall–Kier alpha value is -2.18.